The zero-order valence-electron chi connectivity index (χ0n) is 11.4. The van der Waals surface area contributed by atoms with Gasteiger partial charge in [-0.25, -0.2) is 0 Å². The molecule has 0 radical (unpaired) electrons. The van der Waals surface area contributed by atoms with Gasteiger partial charge in [0, 0.05) is 30.4 Å². The molecule has 1 saturated heterocycles. The van der Waals surface area contributed by atoms with Crippen LogP contribution in [0.4, 0.5) is 0 Å². The number of nitrogens with one attached hydrogen (secondary N) is 1. The summed E-state index contributed by atoms with van der Waals surface area (Å²) >= 11 is 7.44. The first-order valence-corrected chi connectivity index (χ1v) is 7.71. The van der Waals surface area contributed by atoms with Crippen molar-refractivity contribution in [2.24, 2.45) is 0 Å². The van der Waals surface area contributed by atoms with Crippen molar-refractivity contribution in [1.82, 2.24) is 10.2 Å². The van der Waals surface area contributed by atoms with Crippen LogP contribution in [0.25, 0.3) is 0 Å². The van der Waals surface area contributed by atoms with Crippen LogP contribution in [0.3, 0.4) is 0 Å². The molecule has 4 nitrogen and oxygen atoms in total. The van der Waals surface area contributed by atoms with E-state index in [0.29, 0.717) is 26.1 Å². The van der Waals surface area contributed by atoms with Gasteiger partial charge in [-0.05, 0) is 19.1 Å². The highest BCUT2D eigenvalue weighted by atomic mass is 35.5. The van der Waals surface area contributed by atoms with Crippen LogP contribution in [0.5, 0.6) is 0 Å². The summed E-state index contributed by atoms with van der Waals surface area (Å²) in [5, 5.41) is 3.31. The summed E-state index contributed by atoms with van der Waals surface area (Å²) in [4.78, 5) is 15.2. The lowest BCUT2D eigenvalue weighted by atomic mass is 10.2. The van der Waals surface area contributed by atoms with Crippen LogP contribution >= 0.6 is 35.3 Å². The van der Waals surface area contributed by atoms with E-state index < -0.39 is 0 Å². The molecule has 1 amide bonds. The zero-order chi connectivity index (χ0) is 13.7. The summed E-state index contributed by atoms with van der Waals surface area (Å²) in [6, 6.07) is 3.99. The molecule has 1 unspecified atom stereocenters. The molecule has 1 aliphatic rings. The number of hydrogen-bond donors (Lipinski definition) is 1. The van der Waals surface area contributed by atoms with Crippen molar-refractivity contribution in [3.05, 3.63) is 21.3 Å². The Morgan fingerprint density at radius 3 is 2.95 bits per heavy atom. The molecule has 0 saturated carbocycles. The maximum Gasteiger partial charge on any atom is 0.224 e. The SMILES string of the molecule is CCN(Cc1ccc(Cl)s1)C(=O)CC1COCCN1.Cl. The number of carbonyl (C=O) groups is 1. The van der Waals surface area contributed by atoms with Crippen LogP contribution in [0.1, 0.15) is 18.2 Å². The molecule has 2 rings (SSSR count). The maximum atomic E-state index is 12.3. The van der Waals surface area contributed by atoms with Crippen LogP contribution < -0.4 is 5.32 Å². The van der Waals surface area contributed by atoms with Crippen LogP contribution in [0.15, 0.2) is 12.1 Å². The molecular formula is C13H20Cl2N2O2S. The second kappa shape index (κ2) is 8.85. The van der Waals surface area contributed by atoms with Gasteiger partial charge in [-0.2, -0.15) is 0 Å². The van der Waals surface area contributed by atoms with Gasteiger partial charge in [-0.3, -0.25) is 4.79 Å². The van der Waals surface area contributed by atoms with Crippen molar-refractivity contribution in [3.8, 4) is 0 Å². The Labute approximate surface area is 134 Å². The Bertz CT molecular complexity index is 422. The van der Waals surface area contributed by atoms with E-state index in [4.69, 9.17) is 16.3 Å². The topological polar surface area (TPSA) is 41.6 Å². The molecule has 1 atom stereocenters. The largest absolute Gasteiger partial charge is 0.378 e. The molecule has 0 aliphatic carbocycles. The number of halogens is 2. The number of amides is 1. The molecule has 0 spiro atoms. The van der Waals surface area contributed by atoms with Gasteiger partial charge in [-0.1, -0.05) is 11.6 Å². The Morgan fingerprint density at radius 2 is 2.40 bits per heavy atom. The van der Waals surface area contributed by atoms with Gasteiger partial charge in [-0.15, -0.1) is 23.7 Å². The van der Waals surface area contributed by atoms with Gasteiger partial charge >= 0.3 is 0 Å². The monoisotopic (exact) mass is 338 g/mol. The van der Waals surface area contributed by atoms with E-state index in [1.54, 1.807) is 0 Å². The summed E-state index contributed by atoms with van der Waals surface area (Å²) in [5.74, 6) is 0.162. The van der Waals surface area contributed by atoms with Gasteiger partial charge in [0.05, 0.1) is 24.1 Å². The number of rotatable bonds is 5. The average Bonchev–Trinajstić information content (AvgIpc) is 2.82. The third-order valence-electron chi connectivity index (χ3n) is 3.13. The maximum absolute atomic E-state index is 12.3. The molecule has 7 heteroatoms. The van der Waals surface area contributed by atoms with Crippen LogP contribution in [-0.4, -0.2) is 43.2 Å². The van der Waals surface area contributed by atoms with Crippen molar-refractivity contribution in [1.29, 1.82) is 0 Å². The first-order valence-electron chi connectivity index (χ1n) is 6.52. The Hall–Kier alpha value is -0.330. The number of ether oxygens (including phenoxy) is 1. The van der Waals surface area contributed by atoms with Crippen molar-refractivity contribution < 1.29 is 9.53 Å². The highest BCUT2D eigenvalue weighted by Gasteiger charge is 2.20. The Morgan fingerprint density at radius 1 is 1.60 bits per heavy atom. The summed E-state index contributed by atoms with van der Waals surface area (Å²) in [7, 11) is 0. The Kier molecular flexibility index (Phi) is 7.84. The fourth-order valence-corrected chi connectivity index (χ4v) is 3.20. The summed E-state index contributed by atoms with van der Waals surface area (Å²) < 4.78 is 6.13. The molecular weight excluding hydrogens is 319 g/mol. The van der Waals surface area contributed by atoms with Crippen LogP contribution in [0.2, 0.25) is 4.34 Å². The highest BCUT2D eigenvalue weighted by Crippen LogP contribution is 2.23. The van der Waals surface area contributed by atoms with Gasteiger partial charge in [0.1, 0.15) is 0 Å². The highest BCUT2D eigenvalue weighted by molar-refractivity contribution is 7.16. The Balaban J connectivity index is 0.00000200. The molecule has 0 aromatic carbocycles. The van der Waals surface area contributed by atoms with Gasteiger partial charge in [0.2, 0.25) is 5.91 Å². The van der Waals surface area contributed by atoms with E-state index in [-0.39, 0.29) is 24.4 Å². The third kappa shape index (κ3) is 5.22. The predicted molar refractivity (Wildman–Crippen MR) is 84.9 cm³/mol. The minimum absolute atomic E-state index is 0. The van der Waals surface area contributed by atoms with E-state index in [0.717, 1.165) is 22.4 Å². The van der Waals surface area contributed by atoms with Crippen molar-refractivity contribution >= 4 is 41.3 Å². The van der Waals surface area contributed by atoms with Crippen molar-refractivity contribution in [2.75, 3.05) is 26.3 Å². The molecule has 20 heavy (non-hydrogen) atoms. The number of carbonyl (C=O) groups excluding carboxylic acids is 1. The number of hydrogen-bond acceptors (Lipinski definition) is 4. The summed E-state index contributed by atoms with van der Waals surface area (Å²) in [6.45, 7) is 5.52. The van der Waals surface area contributed by atoms with E-state index in [9.17, 15) is 4.79 Å². The standard InChI is InChI=1S/C13H19ClN2O2S.ClH/c1-2-16(8-11-3-4-12(14)19-11)13(17)7-10-9-18-6-5-15-10;/h3-4,10,15H,2,5-9H2,1H3;1H. The molecule has 1 aromatic rings. The fraction of sp³-hybridized carbons (Fsp3) is 0.615. The number of morpholine rings is 1. The average molecular weight is 339 g/mol. The van der Waals surface area contributed by atoms with E-state index in [1.165, 1.54) is 11.3 Å². The first-order chi connectivity index (χ1) is 9.19. The molecule has 114 valence electrons. The van der Waals surface area contributed by atoms with Crippen molar-refractivity contribution in [2.45, 2.75) is 25.9 Å². The van der Waals surface area contributed by atoms with Gasteiger partial charge in [0.25, 0.3) is 0 Å². The molecule has 2 heterocycles. The lowest BCUT2D eigenvalue weighted by Gasteiger charge is -2.26. The summed E-state index contributed by atoms with van der Waals surface area (Å²) in [5.41, 5.74) is 0. The minimum atomic E-state index is 0. The molecule has 1 fully saturated rings. The predicted octanol–water partition coefficient (Wildman–Crippen LogP) is 2.55. The molecule has 0 bridgehead atoms. The van der Waals surface area contributed by atoms with E-state index >= 15 is 0 Å². The first kappa shape index (κ1) is 17.7. The van der Waals surface area contributed by atoms with Gasteiger partial charge < -0.3 is 15.0 Å². The lowest BCUT2D eigenvalue weighted by Crippen LogP contribution is -2.45. The zero-order valence-corrected chi connectivity index (χ0v) is 13.8. The second-order valence-corrected chi connectivity index (χ2v) is 6.34. The molecule has 1 aromatic heterocycles. The third-order valence-corrected chi connectivity index (χ3v) is 4.35. The second-order valence-electron chi connectivity index (χ2n) is 4.54. The van der Waals surface area contributed by atoms with Crippen LogP contribution in [-0.2, 0) is 16.1 Å². The van der Waals surface area contributed by atoms with Gasteiger partial charge in [0.15, 0.2) is 0 Å². The minimum Gasteiger partial charge on any atom is -0.378 e. The molecule has 1 aliphatic heterocycles. The quantitative estimate of drug-likeness (QED) is 0.896. The lowest BCUT2D eigenvalue weighted by molar-refractivity contribution is -0.132. The number of nitrogens with zero attached hydrogens (tertiary/aromatic N) is 1. The molecule has 1 N–H and O–H groups in total. The normalized spacial score (nSPS) is 18.4. The van der Waals surface area contributed by atoms with E-state index in [2.05, 4.69) is 5.32 Å². The summed E-state index contributed by atoms with van der Waals surface area (Å²) in [6.07, 6.45) is 0.493. The van der Waals surface area contributed by atoms with Crippen LogP contribution in [0, 0.1) is 0 Å². The smallest absolute Gasteiger partial charge is 0.224 e. The van der Waals surface area contributed by atoms with E-state index in [1.807, 2.05) is 24.0 Å². The van der Waals surface area contributed by atoms with Crippen molar-refractivity contribution in [3.63, 3.8) is 0 Å². The fourth-order valence-electron chi connectivity index (χ4n) is 2.09. The number of thiophene rings is 1.